The summed E-state index contributed by atoms with van der Waals surface area (Å²) in [4.78, 5) is 14.7. The maximum atomic E-state index is 12.4. The molecule has 1 heterocycles. The SMILES string of the molecule is C=CCN1CCc2cc(OC)c(OC)cc2C1C(CC)NC(=O)C(C)C. The number of hydrogen-bond donors (Lipinski definition) is 1. The molecule has 2 unspecified atom stereocenters. The average Bonchev–Trinajstić information content (AvgIpc) is 2.65. The van der Waals surface area contributed by atoms with Crippen LogP contribution < -0.4 is 14.8 Å². The van der Waals surface area contributed by atoms with Gasteiger partial charge < -0.3 is 14.8 Å². The maximum absolute atomic E-state index is 12.4. The molecule has 0 aliphatic carbocycles. The first-order valence-electron chi connectivity index (χ1n) is 9.36. The predicted octanol–water partition coefficient (Wildman–Crippen LogP) is 3.34. The van der Waals surface area contributed by atoms with Gasteiger partial charge >= 0.3 is 0 Å². The Balaban J connectivity index is 2.48. The van der Waals surface area contributed by atoms with E-state index in [0.29, 0.717) is 0 Å². The van der Waals surface area contributed by atoms with Crippen molar-refractivity contribution in [3.05, 3.63) is 35.9 Å². The fourth-order valence-electron chi connectivity index (χ4n) is 3.62. The van der Waals surface area contributed by atoms with E-state index in [2.05, 4.69) is 35.9 Å². The largest absolute Gasteiger partial charge is 0.493 e. The molecule has 2 atom stereocenters. The van der Waals surface area contributed by atoms with E-state index in [1.165, 1.54) is 11.1 Å². The van der Waals surface area contributed by atoms with E-state index in [9.17, 15) is 4.79 Å². The minimum atomic E-state index is -0.0367. The van der Waals surface area contributed by atoms with Crippen LogP contribution in [0.5, 0.6) is 11.5 Å². The highest BCUT2D eigenvalue weighted by Gasteiger charge is 2.34. The standard InChI is InChI=1S/C21H32N2O3/c1-7-10-23-11-9-15-12-18(25-5)19(26-6)13-16(15)20(23)17(8-2)22-21(24)14(3)4/h7,12-14,17,20H,1,8-11H2,2-6H3,(H,22,24). The zero-order valence-corrected chi connectivity index (χ0v) is 16.7. The number of nitrogens with one attached hydrogen (secondary N) is 1. The number of amides is 1. The van der Waals surface area contributed by atoms with Crippen LogP contribution in [0, 0.1) is 5.92 Å². The lowest BCUT2D eigenvalue weighted by Crippen LogP contribution is -2.49. The van der Waals surface area contributed by atoms with Crippen LogP contribution in [0.2, 0.25) is 0 Å². The monoisotopic (exact) mass is 360 g/mol. The fourth-order valence-corrected chi connectivity index (χ4v) is 3.62. The number of nitrogens with zero attached hydrogens (tertiary/aromatic N) is 1. The summed E-state index contributed by atoms with van der Waals surface area (Å²) in [5, 5.41) is 3.24. The molecule has 26 heavy (non-hydrogen) atoms. The second-order valence-corrected chi connectivity index (χ2v) is 7.06. The van der Waals surface area contributed by atoms with Gasteiger partial charge in [0.2, 0.25) is 5.91 Å². The zero-order valence-electron chi connectivity index (χ0n) is 16.7. The van der Waals surface area contributed by atoms with Gasteiger partial charge in [-0.2, -0.15) is 0 Å². The van der Waals surface area contributed by atoms with Gasteiger partial charge in [-0.05, 0) is 36.1 Å². The Morgan fingerprint density at radius 1 is 1.35 bits per heavy atom. The zero-order chi connectivity index (χ0) is 19.3. The van der Waals surface area contributed by atoms with E-state index in [1.54, 1.807) is 14.2 Å². The molecule has 0 saturated heterocycles. The van der Waals surface area contributed by atoms with Gasteiger partial charge in [0.15, 0.2) is 11.5 Å². The molecule has 1 aromatic rings. The molecule has 5 heteroatoms. The summed E-state index contributed by atoms with van der Waals surface area (Å²) in [6, 6.07) is 4.26. The van der Waals surface area contributed by atoms with E-state index < -0.39 is 0 Å². The van der Waals surface area contributed by atoms with Crippen LogP contribution in [0.15, 0.2) is 24.8 Å². The number of fused-ring (bicyclic) bond motifs is 1. The Morgan fingerprint density at radius 2 is 2.00 bits per heavy atom. The first-order chi connectivity index (χ1) is 12.5. The van der Waals surface area contributed by atoms with Gasteiger partial charge in [-0.15, -0.1) is 6.58 Å². The van der Waals surface area contributed by atoms with Gasteiger partial charge in [0.05, 0.1) is 20.3 Å². The molecule has 5 nitrogen and oxygen atoms in total. The lowest BCUT2D eigenvalue weighted by Gasteiger charge is -2.41. The molecular weight excluding hydrogens is 328 g/mol. The first-order valence-corrected chi connectivity index (χ1v) is 9.36. The number of hydrogen-bond acceptors (Lipinski definition) is 4. The van der Waals surface area contributed by atoms with Crippen molar-refractivity contribution in [1.29, 1.82) is 0 Å². The second-order valence-electron chi connectivity index (χ2n) is 7.06. The molecule has 2 rings (SSSR count). The Kier molecular flexibility index (Phi) is 7.09. The molecule has 0 aromatic heterocycles. The summed E-state index contributed by atoms with van der Waals surface area (Å²) in [6.45, 7) is 11.6. The van der Waals surface area contributed by atoms with Gasteiger partial charge in [0, 0.05) is 25.0 Å². The van der Waals surface area contributed by atoms with Crippen molar-refractivity contribution in [1.82, 2.24) is 10.2 Å². The quantitative estimate of drug-likeness (QED) is 0.723. The van der Waals surface area contributed by atoms with E-state index in [-0.39, 0.29) is 23.9 Å². The van der Waals surface area contributed by atoms with Crippen LogP contribution in [0.1, 0.15) is 44.4 Å². The van der Waals surface area contributed by atoms with Gasteiger partial charge in [-0.25, -0.2) is 0 Å². The van der Waals surface area contributed by atoms with Crippen LogP contribution >= 0.6 is 0 Å². The van der Waals surface area contributed by atoms with Crippen molar-refractivity contribution in [2.45, 2.75) is 45.7 Å². The van der Waals surface area contributed by atoms with Crippen molar-refractivity contribution in [2.75, 3.05) is 27.3 Å². The minimum Gasteiger partial charge on any atom is -0.493 e. The number of carbonyl (C=O) groups is 1. The maximum Gasteiger partial charge on any atom is 0.222 e. The third-order valence-corrected chi connectivity index (χ3v) is 5.06. The Labute approximate surface area is 157 Å². The highest BCUT2D eigenvalue weighted by molar-refractivity contribution is 5.78. The van der Waals surface area contributed by atoms with Crippen molar-refractivity contribution >= 4 is 5.91 Å². The van der Waals surface area contributed by atoms with Gasteiger partial charge in [0.25, 0.3) is 0 Å². The number of carbonyl (C=O) groups excluding carboxylic acids is 1. The summed E-state index contributed by atoms with van der Waals surface area (Å²) in [7, 11) is 3.31. The van der Waals surface area contributed by atoms with Crippen molar-refractivity contribution in [3.8, 4) is 11.5 Å². The van der Waals surface area contributed by atoms with Gasteiger partial charge in [-0.1, -0.05) is 26.8 Å². The molecule has 0 saturated carbocycles. The molecule has 144 valence electrons. The van der Waals surface area contributed by atoms with Gasteiger partial charge in [-0.3, -0.25) is 9.69 Å². The smallest absolute Gasteiger partial charge is 0.222 e. The van der Waals surface area contributed by atoms with Crippen LogP contribution in [-0.4, -0.2) is 44.2 Å². The highest BCUT2D eigenvalue weighted by atomic mass is 16.5. The minimum absolute atomic E-state index is 0.0296. The van der Waals surface area contributed by atoms with E-state index in [4.69, 9.17) is 9.47 Å². The van der Waals surface area contributed by atoms with Crippen LogP contribution in [0.4, 0.5) is 0 Å². The van der Waals surface area contributed by atoms with Crippen LogP contribution in [0.3, 0.4) is 0 Å². The molecule has 0 spiro atoms. The molecule has 0 fully saturated rings. The topological polar surface area (TPSA) is 50.8 Å². The summed E-state index contributed by atoms with van der Waals surface area (Å²) < 4.78 is 11.0. The molecule has 1 aliphatic heterocycles. The lowest BCUT2D eigenvalue weighted by atomic mass is 9.86. The van der Waals surface area contributed by atoms with Crippen molar-refractivity contribution in [3.63, 3.8) is 0 Å². The summed E-state index contributed by atoms with van der Waals surface area (Å²) >= 11 is 0. The Bertz CT molecular complexity index is 642. The van der Waals surface area contributed by atoms with Crippen molar-refractivity contribution in [2.24, 2.45) is 5.92 Å². The molecule has 1 aromatic carbocycles. The number of ether oxygens (including phenoxy) is 2. The predicted molar refractivity (Wildman–Crippen MR) is 105 cm³/mol. The number of rotatable bonds is 8. The number of benzene rings is 1. The highest BCUT2D eigenvalue weighted by Crippen LogP contribution is 2.40. The second kappa shape index (κ2) is 9.08. The molecule has 1 amide bonds. The molecule has 1 aliphatic rings. The number of methoxy groups -OCH3 is 2. The third-order valence-electron chi connectivity index (χ3n) is 5.06. The van der Waals surface area contributed by atoms with Crippen LogP contribution in [-0.2, 0) is 11.2 Å². The summed E-state index contributed by atoms with van der Waals surface area (Å²) in [5.41, 5.74) is 2.46. The van der Waals surface area contributed by atoms with E-state index in [0.717, 1.165) is 37.4 Å². The lowest BCUT2D eigenvalue weighted by molar-refractivity contribution is -0.125. The van der Waals surface area contributed by atoms with E-state index >= 15 is 0 Å². The Morgan fingerprint density at radius 3 is 2.54 bits per heavy atom. The van der Waals surface area contributed by atoms with Crippen LogP contribution in [0.25, 0.3) is 0 Å². The average molecular weight is 360 g/mol. The summed E-state index contributed by atoms with van der Waals surface area (Å²) in [6.07, 6.45) is 3.72. The molecule has 1 N–H and O–H groups in total. The third kappa shape index (κ3) is 4.21. The molecular formula is C21H32N2O3. The molecule has 0 bridgehead atoms. The normalized spacial score (nSPS) is 18.2. The molecule has 0 radical (unpaired) electrons. The van der Waals surface area contributed by atoms with Crippen molar-refractivity contribution < 1.29 is 14.3 Å². The van der Waals surface area contributed by atoms with E-state index in [1.807, 2.05) is 19.9 Å². The Hall–Kier alpha value is -2.01. The van der Waals surface area contributed by atoms with Gasteiger partial charge in [0.1, 0.15) is 0 Å². The fraction of sp³-hybridized carbons (Fsp3) is 0.571. The first kappa shape index (κ1) is 20.3. The summed E-state index contributed by atoms with van der Waals surface area (Å²) in [5.74, 6) is 1.52.